The summed E-state index contributed by atoms with van der Waals surface area (Å²) in [6.07, 6.45) is 1.55. The van der Waals surface area contributed by atoms with Gasteiger partial charge in [-0.15, -0.1) is 10.2 Å². The van der Waals surface area contributed by atoms with Crippen molar-refractivity contribution in [2.45, 2.75) is 45.1 Å². The lowest BCUT2D eigenvalue weighted by molar-refractivity contribution is 0.146. The van der Waals surface area contributed by atoms with Crippen LogP contribution in [0.15, 0.2) is 30.6 Å². The van der Waals surface area contributed by atoms with Crippen LogP contribution >= 0.6 is 0 Å². The van der Waals surface area contributed by atoms with Crippen LogP contribution in [0.4, 0.5) is 19.0 Å². The van der Waals surface area contributed by atoms with E-state index in [1.54, 1.807) is 20.2 Å². The predicted octanol–water partition coefficient (Wildman–Crippen LogP) is 4.45. The summed E-state index contributed by atoms with van der Waals surface area (Å²) in [7, 11) is -3.03. The second-order valence-corrected chi connectivity index (χ2v) is 12.4. The van der Waals surface area contributed by atoms with Gasteiger partial charge in [0.05, 0.1) is 22.7 Å². The van der Waals surface area contributed by atoms with Gasteiger partial charge < -0.3 is 10.2 Å². The fourth-order valence-electron chi connectivity index (χ4n) is 5.22. The number of aryl methyl sites for hydroxylation is 1. The molecule has 13 heteroatoms. The quantitative estimate of drug-likeness (QED) is 0.336. The summed E-state index contributed by atoms with van der Waals surface area (Å²) in [6, 6.07) is 5.32. The fraction of sp³-hybridized carbons (Fsp3) is 0.462. The monoisotopic (exact) mass is 561 g/mol. The molecule has 0 saturated carbocycles. The van der Waals surface area contributed by atoms with Crippen molar-refractivity contribution >= 4 is 32.3 Å². The number of alkyl halides is 2. The first-order chi connectivity index (χ1) is 18.5. The molecule has 0 spiro atoms. The van der Waals surface area contributed by atoms with Crippen LogP contribution in [0.1, 0.15) is 60.7 Å². The number of likely N-dealkylation sites (tertiary alicyclic amines) is 1. The van der Waals surface area contributed by atoms with Crippen molar-refractivity contribution in [3.05, 3.63) is 58.9 Å². The number of halogens is 3. The summed E-state index contributed by atoms with van der Waals surface area (Å²) in [5, 5.41) is 12.4. The molecule has 1 aliphatic rings. The van der Waals surface area contributed by atoms with Crippen molar-refractivity contribution in [1.29, 1.82) is 0 Å². The number of hydrogen-bond donors (Lipinski definition) is 1. The number of fused-ring (bicyclic) bond motifs is 3. The van der Waals surface area contributed by atoms with E-state index in [4.69, 9.17) is 0 Å². The van der Waals surface area contributed by atoms with Crippen molar-refractivity contribution < 1.29 is 21.6 Å². The molecule has 1 aromatic carbocycles. The molecule has 0 bridgehead atoms. The third-order valence-electron chi connectivity index (χ3n) is 7.29. The average molecular weight is 562 g/mol. The average Bonchev–Trinajstić information content (AvgIpc) is 3.37. The highest BCUT2D eigenvalue weighted by molar-refractivity contribution is 7.90. The molecular formula is C26H30F3N7O2S. The predicted molar refractivity (Wildman–Crippen MR) is 142 cm³/mol. The molecule has 208 valence electrons. The molecule has 4 aromatic rings. The Morgan fingerprint density at radius 3 is 2.54 bits per heavy atom. The van der Waals surface area contributed by atoms with E-state index < -0.39 is 33.7 Å². The van der Waals surface area contributed by atoms with Crippen molar-refractivity contribution in [3.8, 4) is 0 Å². The Morgan fingerprint density at radius 1 is 1.13 bits per heavy atom. The third-order valence-corrected chi connectivity index (χ3v) is 8.21. The molecule has 1 N–H and O–H groups in total. The van der Waals surface area contributed by atoms with Crippen molar-refractivity contribution in [3.63, 3.8) is 0 Å². The molecule has 1 saturated heterocycles. The number of nitrogens with zero attached hydrogens (tertiary/aromatic N) is 6. The summed E-state index contributed by atoms with van der Waals surface area (Å²) in [5.41, 5.74) is 1.71. The Hall–Kier alpha value is -3.32. The maximum absolute atomic E-state index is 14.9. The van der Waals surface area contributed by atoms with E-state index in [2.05, 4.69) is 30.4 Å². The van der Waals surface area contributed by atoms with Gasteiger partial charge in [0.1, 0.15) is 33.6 Å². The molecule has 3 aromatic heterocycles. The number of benzene rings is 1. The van der Waals surface area contributed by atoms with Gasteiger partial charge in [0.25, 0.3) is 6.43 Å². The van der Waals surface area contributed by atoms with Crippen molar-refractivity contribution in [1.82, 2.24) is 29.5 Å². The van der Waals surface area contributed by atoms with E-state index in [0.29, 0.717) is 34.9 Å². The number of rotatable bonds is 8. The largest absolute Gasteiger partial charge is 0.363 e. The van der Waals surface area contributed by atoms with E-state index in [0.717, 1.165) is 37.6 Å². The highest BCUT2D eigenvalue weighted by Gasteiger charge is 2.26. The van der Waals surface area contributed by atoms with E-state index in [9.17, 15) is 21.6 Å². The molecular weight excluding hydrogens is 531 g/mol. The Bertz CT molecular complexity index is 1620. The highest BCUT2D eigenvalue weighted by atomic mass is 32.2. The van der Waals surface area contributed by atoms with Crippen LogP contribution in [0.3, 0.4) is 0 Å². The molecule has 0 unspecified atom stereocenters. The Balaban J connectivity index is 1.49. The van der Waals surface area contributed by atoms with Gasteiger partial charge in [-0.05, 0) is 51.8 Å². The lowest BCUT2D eigenvalue weighted by Gasteiger charge is -2.32. The molecule has 1 aliphatic heterocycles. The van der Waals surface area contributed by atoms with Crippen LogP contribution < -0.4 is 5.32 Å². The SMILES string of the molecule is Cc1nc(N[C@H](C)c2cccc(C(F)F)c2F)c2cc(C3CCN(CCS(C)(=O)=O)CC3)c3nncn3c2n1. The third kappa shape index (κ3) is 5.69. The summed E-state index contributed by atoms with van der Waals surface area (Å²) < 4.78 is 66.4. The number of piperidine rings is 1. The van der Waals surface area contributed by atoms with E-state index in [1.165, 1.54) is 18.4 Å². The van der Waals surface area contributed by atoms with Gasteiger partial charge in [-0.3, -0.25) is 4.40 Å². The van der Waals surface area contributed by atoms with Crippen LogP contribution in [0.2, 0.25) is 0 Å². The minimum absolute atomic E-state index is 0.115. The molecule has 5 rings (SSSR count). The van der Waals surface area contributed by atoms with E-state index in [1.807, 2.05) is 10.5 Å². The van der Waals surface area contributed by atoms with Crippen molar-refractivity contribution in [2.24, 2.45) is 0 Å². The lowest BCUT2D eigenvalue weighted by Crippen LogP contribution is -2.36. The van der Waals surface area contributed by atoms with E-state index in [-0.39, 0.29) is 17.2 Å². The molecule has 0 radical (unpaired) electrons. The summed E-state index contributed by atoms with van der Waals surface area (Å²) in [4.78, 5) is 11.3. The first kappa shape index (κ1) is 27.3. The molecule has 0 aliphatic carbocycles. The molecule has 1 atom stereocenters. The summed E-state index contributed by atoms with van der Waals surface area (Å²) in [5.74, 6) is 0.275. The number of aromatic nitrogens is 5. The van der Waals surface area contributed by atoms with Crippen LogP contribution in [0, 0.1) is 12.7 Å². The zero-order chi connectivity index (χ0) is 27.9. The first-order valence-electron chi connectivity index (χ1n) is 12.8. The Kier molecular flexibility index (Phi) is 7.47. The van der Waals surface area contributed by atoms with E-state index >= 15 is 0 Å². The first-order valence-corrected chi connectivity index (χ1v) is 14.8. The van der Waals surface area contributed by atoms with Gasteiger partial charge in [-0.25, -0.2) is 31.6 Å². The second kappa shape index (κ2) is 10.7. The molecule has 4 heterocycles. The topological polar surface area (TPSA) is 105 Å². The lowest BCUT2D eigenvalue weighted by atomic mass is 9.89. The Morgan fingerprint density at radius 2 is 1.85 bits per heavy atom. The van der Waals surface area contributed by atoms with Crippen molar-refractivity contribution in [2.75, 3.05) is 37.0 Å². The van der Waals surface area contributed by atoms with Crippen LogP contribution in [0.5, 0.6) is 0 Å². The number of pyridine rings is 1. The van der Waals surface area contributed by atoms with Crippen LogP contribution in [-0.4, -0.2) is 69.5 Å². The molecule has 39 heavy (non-hydrogen) atoms. The van der Waals surface area contributed by atoms with Gasteiger partial charge in [0.15, 0.2) is 11.3 Å². The molecule has 1 fully saturated rings. The zero-order valence-corrected chi connectivity index (χ0v) is 22.7. The minimum atomic E-state index is -3.03. The molecule has 0 amide bonds. The zero-order valence-electron chi connectivity index (χ0n) is 21.9. The maximum atomic E-state index is 14.9. The van der Waals surface area contributed by atoms with Crippen LogP contribution in [0.25, 0.3) is 16.7 Å². The highest BCUT2D eigenvalue weighted by Crippen LogP contribution is 2.35. The number of sulfone groups is 1. The number of hydrogen-bond acceptors (Lipinski definition) is 8. The van der Waals surface area contributed by atoms with Gasteiger partial charge >= 0.3 is 0 Å². The second-order valence-electron chi connectivity index (χ2n) is 10.1. The Labute approximate surface area is 224 Å². The summed E-state index contributed by atoms with van der Waals surface area (Å²) >= 11 is 0. The number of nitrogens with one attached hydrogen (secondary N) is 1. The standard InChI is InChI=1S/C26H30F3N7O2S/c1-15(18-5-4-6-19(22(18)27)23(28)29)31-24-21-13-20(17-7-9-35(10-8-17)11-12-39(3,37)38)26-34-30-14-36(26)25(21)33-16(2)32-24/h4-6,13-15,17,23H,7-12H2,1-3H3,(H,31,32,33)/t15-/m1/s1. The van der Waals surface area contributed by atoms with Gasteiger partial charge in [0, 0.05) is 23.9 Å². The van der Waals surface area contributed by atoms with Gasteiger partial charge in [-0.1, -0.05) is 18.2 Å². The molecule has 9 nitrogen and oxygen atoms in total. The summed E-state index contributed by atoms with van der Waals surface area (Å²) in [6.45, 7) is 5.45. The number of anilines is 1. The maximum Gasteiger partial charge on any atom is 0.266 e. The smallest absolute Gasteiger partial charge is 0.266 e. The van der Waals surface area contributed by atoms with Gasteiger partial charge in [-0.2, -0.15) is 0 Å². The minimum Gasteiger partial charge on any atom is -0.363 e. The van der Waals surface area contributed by atoms with Gasteiger partial charge in [0.2, 0.25) is 0 Å². The van der Waals surface area contributed by atoms with Crippen LogP contribution in [-0.2, 0) is 9.84 Å². The fourth-order valence-corrected chi connectivity index (χ4v) is 5.81. The normalized spacial score (nSPS) is 16.4.